The largest absolute Gasteiger partial charge is 0.396 e. The Morgan fingerprint density at radius 1 is 1.75 bits per heavy atom. The van der Waals surface area contributed by atoms with Gasteiger partial charge in [-0.1, -0.05) is 22.9 Å². The number of aliphatic hydroxyl groups excluding tert-OH is 1. The Morgan fingerprint density at radius 3 is 2.75 bits per heavy atom. The van der Waals surface area contributed by atoms with Crippen molar-refractivity contribution in [3.8, 4) is 0 Å². The van der Waals surface area contributed by atoms with Gasteiger partial charge in [0.2, 0.25) is 5.91 Å². The molecule has 12 heavy (non-hydrogen) atoms. The predicted molar refractivity (Wildman–Crippen MR) is 50.2 cm³/mol. The van der Waals surface area contributed by atoms with Crippen LogP contribution in [0.25, 0.3) is 0 Å². The quantitative estimate of drug-likeness (QED) is 0.729. The summed E-state index contributed by atoms with van der Waals surface area (Å²) in [5.41, 5.74) is 0. The second-order valence-corrected chi connectivity index (χ2v) is 4.27. The molecular formula is C8H14BrNO2. The van der Waals surface area contributed by atoms with Crippen molar-refractivity contribution in [2.45, 2.75) is 18.2 Å². The van der Waals surface area contributed by atoms with Gasteiger partial charge in [-0.15, -0.1) is 0 Å². The van der Waals surface area contributed by atoms with Crippen LogP contribution in [0.5, 0.6) is 0 Å². The number of hydrogen-bond donors (Lipinski definition) is 1. The molecule has 70 valence electrons. The fourth-order valence-corrected chi connectivity index (χ4v) is 1.53. The minimum Gasteiger partial charge on any atom is -0.396 e. The number of halogens is 1. The lowest BCUT2D eigenvalue weighted by Gasteiger charge is -2.39. The van der Waals surface area contributed by atoms with E-state index in [-0.39, 0.29) is 17.3 Å². The summed E-state index contributed by atoms with van der Waals surface area (Å²) in [5, 5.41) is 8.73. The number of alkyl halides is 1. The number of carbonyl (C=O) groups excluding carboxylic acids is 1. The van der Waals surface area contributed by atoms with Gasteiger partial charge in [0.05, 0.1) is 4.83 Å². The molecule has 0 bridgehead atoms. The molecule has 0 aliphatic carbocycles. The van der Waals surface area contributed by atoms with Crippen LogP contribution in [-0.2, 0) is 4.79 Å². The summed E-state index contributed by atoms with van der Waals surface area (Å²) < 4.78 is 0. The molecule has 1 fully saturated rings. The van der Waals surface area contributed by atoms with Crippen LogP contribution in [-0.4, -0.2) is 40.4 Å². The number of amides is 1. The third kappa shape index (κ3) is 1.98. The first kappa shape index (κ1) is 9.99. The third-order valence-electron chi connectivity index (χ3n) is 2.15. The molecule has 0 spiro atoms. The SMILES string of the molecule is CCC(Br)C(=O)N1CC(CO)C1. The van der Waals surface area contributed by atoms with Crippen molar-refractivity contribution in [1.82, 2.24) is 4.90 Å². The lowest BCUT2D eigenvalue weighted by Crippen LogP contribution is -2.53. The molecule has 1 heterocycles. The first-order valence-corrected chi connectivity index (χ1v) is 5.14. The number of nitrogens with zero attached hydrogens (tertiary/aromatic N) is 1. The van der Waals surface area contributed by atoms with Crippen molar-refractivity contribution in [3.05, 3.63) is 0 Å². The number of aliphatic hydroxyl groups is 1. The molecule has 1 saturated heterocycles. The monoisotopic (exact) mass is 235 g/mol. The highest BCUT2D eigenvalue weighted by molar-refractivity contribution is 9.10. The third-order valence-corrected chi connectivity index (χ3v) is 3.19. The van der Waals surface area contributed by atoms with Crippen LogP contribution in [0.3, 0.4) is 0 Å². The fourth-order valence-electron chi connectivity index (χ4n) is 1.24. The van der Waals surface area contributed by atoms with Crippen molar-refractivity contribution >= 4 is 21.8 Å². The molecule has 0 aromatic heterocycles. The summed E-state index contributed by atoms with van der Waals surface area (Å²) in [5.74, 6) is 0.465. The zero-order chi connectivity index (χ0) is 9.14. The molecule has 0 saturated carbocycles. The van der Waals surface area contributed by atoms with Crippen molar-refractivity contribution in [3.63, 3.8) is 0 Å². The number of carbonyl (C=O) groups is 1. The molecule has 1 aliphatic rings. The Bertz CT molecular complexity index is 168. The second-order valence-electron chi connectivity index (χ2n) is 3.17. The Kier molecular flexibility index (Phi) is 3.53. The van der Waals surface area contributed by atoms with E-state index in [9.17, 15) is 4.79 Å². The van der Waals surface area contributed by atoms with Crippen LogP contribution in [0.2, 0.25) is 0 Å². The lowest BCUT2D eigenvalue weighted by atomic mass is 10.0. The molecule has 0 aromatic carbocycles. The molecule has 1 aliphatic heterocycles. The normalized spacial score (nSPS) is 20.4. The summed E-state index contributed by atoms with van der Waals surface area (Å²) in [6, 6.07) is 0. The maximum atomic E-state index is 11.4. The minimum atomic E-state index is -0.0443. The molecule has 1 rings (SSSR count). The van der Waals surface area contributed by atoms with Crippen molar-refractivity contribution in [2.75, 3.05) is 19.7 Å². The van der Waals surface area contributed by atoms with Gasteiger partial charge in [0, 0.05) is 25.6 Å². The zero-order valence-electron chi connectivity index (χ0n) is 7.16. The van der Waals surface area contributed by atoms with Gasteiger partial charge in [0.25, 0.3) is 0 Å². The van der Waals surface area contributed by atoms with Crippen LogP contribution >= 0.6 is 15.9 Å². The summed E-state index contributed by atoms with van der Waals surface area (Å²) in [6.45, 7) is 3.61. The topological polar surface area (TPSA) is 40.5 Å². The van der Waals surface area contributed by atoms with Crippen LogP contribution in [0.15, 0.2) is 0 Å². The molecular weight excluding hydrogens is 222 g/mol. The molecule has 0 radical (unpaired) electrons. The van der Waals surface area contributed by atoms with E-state index >= 15 is 0 Å². The molecule has 1 atom stereocenters. The average molecular weight is 236 g/mol. The molecule has 0 aromatic rings. The van der Waals surface area contributed by atoms with Gasteiger partial charge in [0.15, 0.2) is 0 Å². The summed E-state index contributed by atoms with van der Waals surface area (Å²) in [6.07, 6.45) is 0.819. The van der Waals surface area contributed by atoms with Gasteiger partial charge in [-0.2, -0.15) is 0 Å². The highest BCUT2D eigenvalue weighted by atomic mass is 79.9. The molecule has 3 nitrogen and oxygen atoms in total. The maximum absolute atomic E-state index is 11.4. The van der Waals surface area contributed by atoms with E-state index in [1.165, 1.54) is 0 Å². The Hall–Kier alpha value is -0.0900. The smallest absolute Gasteiger partial charge is 0.236 e. The Labute approximate surface area is 80.9 Å². The van der Waals surface area contributed by atoms with Crippen LogP contribution < -0.4 is 0 Å². The number of hydrogen-bond acceptors (Lipinski definition) is 2. The first-order chi connectivity index (χ1) is 5.69. The fraction of sp³-hybridized carbons (Fsp3) is 0.875. The van der Waals surface area contributed by atoms with E-state index in [4.69, 9.17) is 5.11 Å². The van der Waals surface area contributed by atoms with Gasteiger partial charge in [-0.3, -0.25) is 4.79 Å². The maximum Gasteiger partial charge on any atom is 0.236 e. The van der Waals surface area contributed by atoms with Crippen molar-refractivity contribution in [2.24, 2.45) is 5.92 Å². The van der Waals surface area contributed by atoms with Crippen molar-refractivity contribution in [1.29, 1.82) is 0 Å². The molecule has 1 unspecified atom stereocenters. The highest BCUT2D eigenvalue weighted by Gasteiger charge is 2.32. The number of likely N-dealkylation sites (tertiary alicyclic amines) is 1. The standard InChI is InChI=1S/C8H14BrNO2/c1-2-7(9)8(12)10-3-6(4-10)5-11/h6-7,11H,2-5H2,1H3. The van der Waals surface area contributed by atoms with Crippen LogP contribution in [0, 0.1) is 5.92 Å². The highest BCUT2D eigenvalue weighted by Crippen LogP contribution is 2.19. The van der Waals surface area contributed by atoms with Gasteiger partial charge in [0.1, 0.15) is 0 Å². The Balaban J connectivity index is 2.28. The van der Waals surface area contributed by atoms with E-state index in [1.807, 2.05) is 6.92 Å². The van der Waals surface area contributed by atoms with Gasteiger partial charge in [-0.25, -0.2) is 0 Å². The first-order valence-electron chi connectivity index (χ1n) is 4.22. The predicted octanol–water partition coefficient (Wildman–Crippen LogP) is 0.611. The summed E-state index contributed by atoms with van der Waals surface area (Å²) in [7, 11) is 0. The van der Waals surface area contributed by atoms with E-state index < -0.39 is 0 Å². The lowest BCUT2D eigenvalue weighted by molar-refractivity contribution is -0.137. The molecule has 1 N–H and O–H groups in total. The molecule has 4 heteroatoms. The second kappa shape index (κ2) is 4.23. The van der Waals surface area contributed by atoms with Crippen LogP contribution in [0.1, 0.15) is 13.3 Å². The zero-order valence-corrected chi connectivity index (χ0v) is 8.75. The van der Waals surface area contributed by atoms with E-state index in [1.54, 1.807) is 4.90 Å². The van der Waals surface area contributed by atoms with Crippen molar-refractivity contribution < 1.29 is 9.90 Å². The van der Waals surface area contributed by atoms with E-state index in [2.05, 4.69) is 15.9 Å². The summed E-state index contributed by atoms with van der Waals surface area (Å²) in [4.78, 5) is 13.2. The van der Waals surface area contributed by atoms with E-state index in [0.29, 0.717) is 5.92 Å². The minimum absolute atomic E-state index is 0.0443. The van der Waals surface area contributed by atoms with Gasteiger partial charge < -0.3 is 10.0 Å². The average Bonchev–Trinajstić information content (AvgIpc) is 2.01. The van der Waals surface area contributed by atoms with Gasteiger partial charge in [-0.05, 0) is 6.42 Å². The summed E-state index contributed by atoms with van der Waals surface area (Å²) >= 11 is 3.31. The van der Waals surface area contributed by atoms with Gasteiger partial charge >= 0.3 is 0 Å². The van der Waals surface area contributed by atoms with E-state index in [0.717, 1.165) is 19.5 Å². The van der Waals surface area contributed by atoms with Crippen LogP contribution in [0.4, 0.5) is 0 Å². The number of rotatable bonds is 3. The Morgan fingerprint density at radius 2 is 2.33 bits per heavy atom. The molecule has 1 amide bonds.